The standard InChI is InChI=1S/C22H24BrNO3/c1-4-5-10-24-19-9-8-16(23)12-18(19)22(27,21(24)26)13-20(25)17-11-14(2)6-7-15(17)3/h6-9,11-12,27H,4-5,10,13H2,1-3H3/t22-/m1/s1. The molecule has 2 aromatic carbocycles. The molecule has 4 nitrogen and oxygen atoms in total. The summed E-state index contributed by atoms with van der Waals surface area (Å²) < 4.78 is 0.768. The summed E-state index contributed by atoms with van der Waals surface area (Å²) in [6, 6.07) is 11.1. The van der Waals surface area contributed by atoms with E-state index in [1.807, 2.05) is 44.2 Å². The lowest BCUT2D eigenvalue weighted by molar-refractivity contribution is -0.135. The number of anilines is 1. The molecule has 5 heteroatoms. The van der Waals surface area contributed by atoms with E-state index >= 15 is 0 Å². The molecule has 0 radical (unpaired) electrons. The van der Waals surface area contributed by atoms with Crippen molar-refractivity contribution in [1.29, 1.82) is 0 Å². The van der Waals surface area contributed by atoms with Gasteiger partial charge in [0.05, 0.1) is 12.1 Å². The van der Waals surface area contributed by atoms with Gasteiger partial charge in [-0.05, 0) is 50.1 Å². The quantitative estimate of drug-likeness (QED) is 0.678. The molecule has 0 aliphatic carbocycles. The minimum absolute atomic E-state index is 0.227. The van der Waals surface area contributed by atoms with Crippen LogP contribution in [0.15, 0.2) is 40.9 Å². The Hall–Kier alpha value is -1.98. The lowest BCUT2D eigenvalue weighted by Crippen LogP contribution is -2.42. The van der Waals surface area contributed by atoms with Gasteiger partial charge in [-0.3, -0.25) is 9.59 Å². The van der Waals surface area contributed by atoms with Gasteiger partial charge in [0, 0.05) is 22.1 Å². The van der Waals surface area contributed by atoms with Crippen LogP contribution in [0.25, 0.3) is 0 Å². The zero-order chi connectivity index (χ0) is 19.8. The van der Waals surface area contributed by atoms with Crippen molar-refractivity contribution in [1.82, 2.24) is 0 Å². The highest BCUT2D eigenvalue weighted by Gasteiger charge is 2.50. The zero-order valence-corrected chi connectivity index (χ0v) is 17.5. The van der Waals surface area contributed by atoms with Gasteiger partial charge in [0.15, 0.2) is 11.4 Å². The van der Waals surface area contributed by atoms with Crippen molar-refractivity contribution >= 4 is 33.3 Å². The Morgan fingerprint density at radius 2 is 1.93 bits per heavy atom. The molecule has 1 N–H and O–H groups in total. The second kappa shape index (κ2) is 7.56. The molecule has 0 saturated carbocycles. The summed E-state index contributed by atoms with van der Waals surface area (Å²) >= 11 is 3.42. The van der Waals surface area contributed by atoms with Crippen LogP contribution in [0.3, 0.4) is 0 Å². The third-order valence-electron chi connectivity index (χ3n) is 5.14. The number of unbranched alkanes of at least 4 members (excludes halogenated alkanes) is 1. The number of benzene rings is 2. The summed E-state index contributed by atoms with van der Waals surface area (Å²) in [5.74, 6) is -0.641. The molecule has 3 rings (SSSR count). The molecule has 27 heavy (non-hydrogen) atoms. The Labute approximate surface area is 168 Å². The summed E-state index contributed by atoms with van der Waals surface area (Å²) in [5, 5.41) is 11.4. The van der Waals surface area contributed by atoms with E-state index in [9.17, 15) is 14.7 Å². The zero-order valence-electron chi connectivity index (χ0n) is 15.9. The SMILES string of the molecule is CCCCN1C(=O)[C@@](O)(CC(=O)c2cc(C)ccc2C)c2cc(Br)ccc21. The largest absolute Gasteiger partial charge is 0.375 e. The molecule has 1 atom stereocenters. The number of Topliss-reactive ketones (excluding diaryl/α,β-unsaturated/α-hetero) is 1. The van der Waals surface area contributed by atoms with Crippen molar-refractivity contribution in [2.75, 3.05) is 11.4 Å². The van der Waals surface area contributed by atoms with E-state index in [0.29, 0.717) is 23.4 Å². The van der Waals surface area contributed by atoms with Gasteiger partial charge >= 0.3 is 0 Å². The Balaban J connectivity index is 2.01. The topological polar surface area (TPSA) is 57.6 Å². The average molecular weight is 430 g/mol. The molecular formula is C22H24BrNO3. The fraction of sp³-hybridized carbons (Fsp3) is 0.364. The fourth-order valence-corrected chi connectivity index (χ4v) is 3.96. The lowest BCUT2D eigenvalue weighted by atomic mass is 9.87. The van der Waals surface area contributed by atoms with Crippen LogP contribution in [-0.4, -0.2) is 23.3 Å². The number of aryl methyl sites for hydroxylation is 2. The number of halogens is 1. The summed E-state index contributed by atoms with van der Waals surface area (Å²) in [6.45, 7) is 6.37. The predicted molar refractivity (Wildman–Crippen MR) is 110 cm³/mol. The number of rotatable bonds is 6. The Kier molecular flexibility index (Phi) is 5.54. The maximum absolute atomic E-state index is 13.1. The van der Waals surface area contributed by atoms with Gasteiger partial charge in [-0.2, -0.15) is 0 Å². The first-order chi connectivity index (χ1) is 12.8. The fourth-order valence-electron chi connectivity index (χ4n) is 3.60. The van der Waals surface area contributed by atoms with Gasteiger partial charge in [0.25, 0.3) is 5.91 Å². The highest BCUT2D eigenvalue weighted by molar-refractivity contribution is 9.10. The van der Waals surface area contributed by atoms with Crippen LogP contribution in [0.4, 0.5) is 5.69 Å². The van der Waals surface area contributed by atoms with Gasteiger partial charge in [0.2, 0.25) is 0 Å². The molecule has 2 aromatic rings. The normalized spacial score (nSPS) is 18.7. The van der Waals surface area contributed by atoms with Crippen LogP contribution in [0, 0.1) is 13.8 Å². The number of hydrogen-bond acceptors (Lipinski definition) is 3. The number of carbonyl (C=O) groups is 2. The molecule has 1 amide bonds. The Morgan fingerprint density at radius 3 is 2.63 bits per heavy atom. The van der Waals surface area contributed by atoms with Crippen molar-refractivity contribution in [3.8, 4) is 0 Å². The maximum atomic E-state index is 13.1. The second-order valence-electron chi connectivity index (χ2n) is 7.25. The van der Waals surface area contributed by atoms with Crippen LogP contribution >= 0.6 is 15.9 Å². The van der Waals surface area contributed by atoms with Gasteiger partial charge in [0.1, 0.15) is 0 Å². The molecule has 0 bridgehead atoms. The summed E-state index contributed by atoms with van der Waals surface area (Å²) in [6.07, 6.45) is 1.51. The van der Waals surface area contributed by atoms with Crippen LogP contribution < -0.4 is 4.90 Å². The molecule has 0 saturated heterocycles. The van der Waals surface area contributed by atoms with Crippen LogP contribution in [0.1, 0.15) is 53.2 Å². The Morgan fingerprint density at radius 1 is 1.19 bits per heavy atom. The van der Waals surface area contributed by atoms with Crippen LogP contribution in [0.2, 0.25) is 0 Å². The van der Waals surface area contributed by atoms with Gasteiger partial charge in [-0.1, -0.05) is 47.0 Å². The number of ketones is 1. The molecule has 1 aliphatic rings. The monoisotopic (exact) mass is 429 g/mol. The summed E-state index contributed by atoms with van der Waals surface area (Å²) in [5.41, 5.74) is 1.72. The number of aliphatic hydroxyl groups is 1. The molecule has 0 unspecified atom stereocenters. The minimum Gasteiger partial charge on any atom is -0.375 e. The minimum atomic E-state index is -1.83. The number of carbonyl (C=O) groups excluding carboxylic acids is 2. The first-order valence-corrected chi connectivity index (χ1v) is 10.0. The molecule has 1 heterocycles. The second-order valence-corrected chi connectivity index (χ2v) is 8.17. The van der Waals surface area contributed by atoms with Crippen LogP contribution in [-0.2, 0) is 10.4 Å². The molecule has 1 aliphatic heterocycles. The first kappa shape index (κ1) is 19.8. The smallest absolute Gasteiger partial charge is 0.264 e. The van der Waals surface area contributed by atoms with E-state index in [1.54, 1.807) is 11.0 Å². The van der Waals surface area contributed by atoms with Gasteiger partial charge in [-0.25, -0.2) is 0 Å². The summed E-state index contributed by atoms with van der Waals surface area (Å²) in [7, 11) is 0. The third kappa shape index (κ3) is 3.58. The van der Waals surface area contributed by atoms with Crippen molar-refractivity contribution in [2.45, 2.75) is 45.6 Å². The van der Waals surface area contributed by atoms with E-state index in [0.717, 1.165) is 28.4 Å². The van der Waals surface area contributed by atoms with Crippen molar-refractivity contribution < 1.29 is 14.7 Å². The maximum Gasteiger partial charge on any atom is 0.264 e. The van der Waals surface area contributed by atoms with E-state index in [1.165, 1.54) is 0 Å². The first-order valence-electron chi connectivity index (χ1n) is 9.22. The van der Waals surface area contributed by atoms with Crippen molar-refractivity contribution in [3.05, 3.63) is 63.1 Å². The van der Waals surface area contributed by atoms with E-state index in [4.69, 9.17) is 0 Å². The summed E-state index contributed by atoms with van der Waals surface area (Å²) in [4.78, 5) is 27.7. The van der Waals surface area contributed by atoms with Gasteiger partial charge < -0.3 is 10.0 Å². The predicted octanol–water partition coefficient (Wildman–Crippen LogP) is 4.67. The molecule has 0 aromatic heterocycles. The molecule has 0 spiro atoms. The molecule has 142 valence electrons. The third-order valence-corrected chi connectivity index (χ3v) is 5.63. The number of nitrogens with zero attached hydrogens (tertiary/aromatic N) is 1. The molecular weight excluding hydrogens is 406 g/mol. The van der Waals surface area contributed by atoms with Crippen molar-refractivity contribution in [3.63, 3.8) is 0 Å². The lowest BCUT2D eigenvalue weighted by Gasteiger charge is -2.23. The number of fused-ring (bicyclic) bond motifs is 1. The van der Waals surface area contributed by atoms with E-state index < -0.39 is 11.5 Å². The van der Waals surface area contributed by atoms with Crippen LogP contribution in [0.5, 0.6) is 0 Å². The number of hydrogen-bond donors (Lipinski definition) is 1. The van der Waals surface area contributed by atoms with Crippen molar-refractivity contribution in [2.24, 2.45) is 0 Å². The highest BCUT2D eigenvalue weighted by atomic mass is 79.9. The van der Waals surface area contributed by atoms with Gasteiger partial charge in [-0.15, -0.1) is 0 Å². The average Bonchev–Trinajstić information content (AvgIpc) is 2.83. The Bertz CT molecular complexity index is 908. The molecule has 0 fully saturated rings. The highest BCUT2D eigenvalue weighted by Crippen LogP contribution is 2.44. The van der Waals surface area contributed by atoms with E-state index in [2.05, 4.69) is 22.9 Å². The number of amides is 1. The van der Waals surface area contributed by atoms with E-state index in [-0.39, 0.29) is 12.2 Å².